The first kappa shape index (κ1) is 14.5. The maximum absolute atomic E-state index is 11.5. The highest BCUT2D eigenvalue weighted by atomic mass is 16.6. The first-order valence-corrected chi connectivity index (χ1v) is 5.55. The van der Waals surface area contributed by atoms with Crippen molar-refractivity contribution in [3.63, 3.8) is 0 Å². The van der Waals surface area contributed by atoms with Crippen LogP contribution in [0.25, 0.3) is 0 Å². The minimum Gasteiger partial charge on any atom is -0.459 e. The third kappa shape index (κ3) is 4.66. The van der Waals surface area contributed by atoms with Crippen LogP contribution in [0.3, 0.4) is 0 Å². The first-order valence-electron chi connectivity index (χ1n) is 5.55. The Kier molecular flexibility index (Phi) is 5.34. The number of amides is 1. The summed E-state index contributed by atoms with van der Waals surface area (Å²) in [5, 5.41) is 12.8. The van der Waals surface area contributed by atoms with Gasteiger partial charge in [-0.05, 0) is 19.0 Å². The molecule has 0 spiro atoms. The van der Waals surface area contributed by atoms with Gasteiger partial charge in [-0.1, -0.05) is 30.3 Å². The molecule has 0 radical (unpaired) electrons. The number of benzene rings is 1. The SMILES string of the molecule is CCOC(=O)C(=O)NC([CH-][N+](=O)[O-])c1ccccc1. The molecule has 1 aromatic carbocycles. The Hall–Kier alpha value is -2.57. The second-order valence-electron chi connectivity index (χ2n) is 3.52. The minimum absolute atomic E-state index is 0.0568. The van der Waals surface area contributed by atoms with Gasteiger partial charge in [0, 0.05) is 6.04 Å². The van der Waals surface area contributed by atoms with Crippen LogP contribution in [0.5, 0.6) is 0 Å². The van der Waals surface area contributed by atoms with Crippen molar-refractivity contribution in [2.45, 2.75) is 13.0 Å². The molecule has 1 rings (SSSR count). The van der Waals surface area contributed by atoms with Gasteiger partial charge < -0.3 is 10.1 Å². The van der Waals surface area contributed by atoms with Crippen LogP contribution in [-0.2, 0) is 14.3 Å². The lowest BCUT2D eigenvalue weighted by atomic mass is 10.1. The molecule has 0 saturated carbocycles. The average molecular weight is 265 g/mol. The molecule has 1 aromatic rings. The molecule has 0 saturated heterocycles. The maximum Gasteiger partial charge on any atom is 0.396 e. The van der Waals surface area contributed by atoms with E-state index < -0.39 is 22.8 Å². The largest absolute Gasteiger partial charge is 0.459 e. The Morgan fingerprint density at radius 1 is 1.42 bits per heavy atom. The zero-order chi connectivity index (χ0) is 14.3. The molecule has 0 aliphatic rings. The predicted molar refractivity (Wildman–Crippen MR) is 65.3 cm³/mol. The van der Waals surface area contributed by atoms with E-state index in [4.69, 9.17) is 0 Å². The summed E-state index contributed by atoms with van der Waals surface area (Å²) in [4.78, 5) is 32.5. The summed E-state index contributed by atoms with van der Waals surface area (Å²) >= 11 is 0. The van der Waals surface area contributed by atoms with Crippen LogP contribution in [-0.4, -0.2) is 23.4 Å². The molecule has 1 unspecified atom stereocenters. The summed E-state index contributed by atoms with van der Waals surface area (Å²) in [5.74, 6) is -2.09. The van der Waals surface area contributed by atoms with Crippen molar-refractivity contribution in [3.8, 4) is 0 Å². The molecule has 0 aromatic heterocycles. The predicted octanol–water partition coefficient (Wildman–Crippen LogP) is 0.845. The highest BCUT2D eigenvalue weighted by Crippen LogP contribution is 2.15. The van der Waals surface area contributed by atoms with Gasteiger partial charge in [-0.15, -0.1) is 4.92 Å². The van der Waals surface area contributed by atoms with Crippen LogP contribution in [0.4, 0.5) is 0 Å². The molecule has 7 nitrogen and oxygen atoms in total. The second kappa shape index (κ2) is 7.00. The quantitative estimate of drug-likeness (QED) is 0.280. The standard InChI is InChI=1S/C12H13N2O5/c1-2-19-12(16)11(15)13-10(8-14(17)18)9-6-4-3-5-7-9/h3-8,10H,2H2,1H3,(H,13,15)/q-1. The monoisotopic (exact) mass is 265 g/mol. The van der Waals surface area contributed by atoms with E-state index in [0.29, 0.717) is 12.1 Å². The third-order valence-electron chi connectivity index (χ3n) is 2.18. The van der Waals surface area contributed by atoms with Gasteiger partial charge in [-0.25, -0.2) is 4.79 Å². The molecular weight excluding hydrogens is 252 g/mol. The van der Waals surface area contributed by atoms with Crippen molar-refractivity contribution in [2.75, 3.05) is 6.61 Å². The Morgan fingerprint density at radius 3 is 2.58 bits per heavy atom. The Bertz CT molecular complexity index is 460. The molecule has 19 heavy (non-hydrogen) atoms. The van der Waals surface area contributed by atoms with Gasteiger partial charge in [0.05, 0.1) is 6.61 Å². The van der Waals surface area contributed by atoms with E-state index in [2.05, 4.69) is 10.1 Å². The summed E-state index contributed by atoms with van der Waals surface area (Å²) < 4.78 is 4.51. The fourth-order valence-electron chi connectivity index (χ4n) is 1.39. The second-order valence-corrected chi connectivity index (χ2v) is 3.52. The van der Waals surface area contributed by atoms with E-state index in [0.717, 1.165) is 0 Å². The van der Waals surface area contributed by atoms with Gasteiger partial charge in [0.15, 0.2) is 0 Å². The molecule has 7 heteroatoms. The van der Waals surface area contributed by atoms with Crippen molar-refractivity contribution in [1.29, 1.82) is 0 Å². The Labute approximate surface area is 109 Å². The molecule has 1 amide bonds. The van der Waals surface area contributed by atoms with Gasteiger partial charge in [0.1, 0.15) is 0 Å². The molecule has 0 fully saturated rings. The molecule has 1 atom stereocenters. The van der Waals surface area contributed by atoms with Crippen LogP contribution in [0.2, 0.25) is 0 Å². The van der Waals surface area contributed by atoms with E-state index in [1.807, 2.05) is 0 Å². The number of ether oxygens (including phenoxy) is 1. The highest BCUT2D eigenvalue weighted by Gasteiger charge is 2.18. The van der Waals surface area contributed by atoms with E-state index in [1.54, 1.807) is 37.3 Å². The van der Waals surface area contributed by atoms with Crippen molar-refractivity contribution >= 4 is 11.9 Å². The summed E-state index contributed by atoms with van der Waals surface area (Å²) in [7, 11) is 0. The summed E-state index contributed by atoms with van der Waals surface area (Å²) in [6.07, 6.45) is 0. The summed E-state index contributed by atoms with van der Waals surface area (Å²) in [6.45, 7) is 2.32. The number of hydrogen-bond donors (Lipinski definition) is 1. The topological polar surface area (TPSA) is 98.5 Å². The van der Waals surface area contributed by atoms with E-state index in [1.165, 1.54) is 0 Å². The van der Waals surface area contributed by atoms with E-state index >= 15 is 0 Å². The number of nitrogens with one attached hydrogen (secondary N) is 1. The average Bonchev–Trinajstić information content (AvgIpc) is 2.38. The Morgan fingerprint density at radius 2 is 2.05 bits per heavy atom. The van der Waals surface area contributed by atoms with Crippen molar-refractivity contribution < 1.29 is 19.2 Å². The number of nitro groups is 1. The highest BCUT2D eigenvalue weighted by molar-refractivity contribution is 6.32. The molecule has 0 bridgehead atoms. The van der Waals surface area contributed by atoms with Gasteiger partial charge in [0.25, 0.3) is 0 Å². The molecular formula is C12H13N2O5-. The van der Waals surface area contributed by atoms with Crippen LogP contribution in [0.1, 0.15) is 18.5 Å². The number of hydrogen-bond acceptors (Lipinski definition) is 5. The van der Waals surface area contributed by atoms with Gasteiger partial charge in [0.2, 0.25) is 0 Å². The lowest BCUT2D eigenvalue weighted by Crippen LogP contribution is -2.36. The van der Waals surface area contributed by atoms with Gasteiger partial charge in [-0.2, -0.15) is 0 Å². The van der Waals surface area contributed by atoms with Crippen LogP contribution >= 0.6 is 0 Å². The lowest BCUT2D eigenvalue weighted by molar-refractivity contribution is -0.441. The number of nitrogens with zero attached hydrogens (tertiary/aromatic N) is 1. The molecule has 1 N–H and O–H groups in total. The molecule has 0 heterocycles. The van der Waals surface area contributed by atoms with E-state index in [-0.39, 0.29) is 6.61 Å². The number of carbonyl (C=O) groups excluding carboxylic acids is 2. The van der Waals surface area contributed by atoms with Gasteiger partial charge >= 0.3 is 11.9 Å². The number of carbonyl (C=O) groups is 2. The Balaban J connectivity index is 2.79. The van der Waals surface area contributed by atoms with Crippen LogP contribution in [0.15, 0.2) is 30.3 Å². The summed E-state index contributed by atoms with van der Waals surface area (Å²) in [6, 6.07) is 7.30. The van der Waals surface area contributed by atoms with Crippen molar-refractivity contribution in [3.05, 3.63) is 52.6 Å². The lowest BCUT2D eigenvalue weighted by Gasteiger charge is -2.21. The molecule has 0 aliphatic carbocycles. The summed E-state index contributed by atoms with van der Waals surface area (Å²) in [5.41, 5.74) is 0.497. The number of rotatable bonds is 5. The minimum atomic E-state index is -1.07. The van der Waals surface area contributed by atoms with E-state index in [9.17, 15) is 19.7 Å². The van der Waals surface area contributed by atoms with Crippen LogP contribution in [0, 0.1) is 16.7 Å². The smallest absolute Gasteiger partial charge is 0.396 e. The fraction of sp³-hybridized carbons (Fsp3) is 0.250. The maximum atomic E-state index is 11.5. The molecule has 0 aliphatic heterocycles. The molecule has 102 valence electrons. The van der Waals surface area contributed by atoms with Crippen molar-refractivity contribution in [1.82, 2.24) is 5.32 Å². The zero-order valence-corrected chi connectivity index (χ0v) is 10.2. The van der Waals surface area contributed by atoms with Gasteiger partial charge in [-0.3, -0.25) is 14.9 Å². The normalized spacial score (nSPS) is 11.2. The number of esters is 1. The fourth-order valence-corrected chi connectivity index (χ4v) is 1.39. The third-order valence-corrected chi connectivity index (χ3v) is 2.18. The first-order chi connectivity index (χ1) is 9.04. The van der Waals surface area contributed by atoms with Crippen LogP contribution < -0.4 is 5.32 Å². The zero-order valence-electron chi connectivity index (χ0n) is 10.2. The van der Waals surface area contributed by atoms with Crippen molar-refractivity contribution in [2.24, 2.45) is 0 Å².